The van der Waals surface area contributed by atoms with E-state index in [1.54, 1.807) is 25.3 Å². The van der Waals surface area contributed by atoms with Crippen LogP contribution in [-0.2, 0) is 16.1 Å². The summed E-state index contributed by atoms with van der Waals surface area (Å²) in [5.74, 6) is 1.65. The second-order valence-corrected chi connectivity index (χ2v) is 8.13. The zero-order chi connectivity index (χ0) is 23.9. The largest absolute Gasteiger partial charge is 0.493 e. The van der Waals surface area contributed by atoms with E-state index in [0.29, 0.717) is 29.5 Å². The lowest BCUT2D eigenvalue weighted by Crippen LogP contribution is -2.38. The Labute approximate surface area is 198 Å². The van der Waals surface area contributed by atoms with Gasteiger partial charge in [0.1, 0.15) is 11.3 Å². The zero-order valence-electron chi connectivity index (χ0n) is 19.8. The molecule has 1 fully saturated rings. The van der Waals surface area contributed by atoms with Crippen molar-refractivity contribution in [2.45, 2.75) is 32.4 Å². The monoisotopic (exact) mass is 469 g/mol. The van der Waals surface area contributed by atoms with Gasteiger partial charge in [0, 0.05) is 31.7 Å². The van der Waals surface area contributed by atoms with Gasteiger partial charge >= 0.3 is 5.97 Å². The molecular weight excluding hydrogens is 438 g/mol. The van der Waals surface area contributed by atoms with Gasteiger partial charge in [-0.15, -0.1) is 0 Å². The molecule has 0 aliphatic carbocycles. The van der Waals surface area contributed by atoms with Crippen molar-refractivity contribution in [2.75, 3.05) is 45.8 Å². The normalized spacial score (nSPS) is 14.7. The molecule has 182 valence electrons. The number of oxazole rings is 1. The minimum Gasteiger partial charge on any atom is -0.493 e. The first-order valence-corrected chi connectivity index (χ1v) is 11.5. The van der Waals surface area contributed by atoms with Crippen molar-refractivity contribution in [3.8, 4) is 17.2 Å². The highest BCUT2D eigenvalue weighted by atomic mass is 16.6. The van der Waals surface area contributed by atoms with Gasteiger partial charge in [0.05, 0.1) is 20.8 Å². The van der Waals surface area contributed by atoms with Crippen molar-refractivity contribution in [3.05, 3.63) is 42.0 Å². The number of aromatic nitrogens is 1. The smallest absolute Gasteiger partial charge is 0.343 e. The predicted molar refractivity (Wildman–Crippen MR) is 128 cm³/mol. The highest BCUT2D eigenvalue weighted by Gasteiger charge is 2.21. The Hall–Kier alpha value is -3.46. The minimum absolute atomic E-state index is 0.146. The summed E-state index contributed by atoms with van der Waals surface area (Å²) in [4.78, 5) is 18.2. The third-order valence-corrected chi connectivity index (χ3v) is 5.79. The summed E-state index contributed by atoms with van der Waals surface area (Å²) < 4.78 is 26.9. The summed E-state index contributed by atoms with van der Waals surface area (Å²) in [5.41, 5.74) is 2.54. The standard InChI is InChI=1S/C25H31N3O6/c1-4-32-23-13-17(5-7-22(23)30-2)15-28-11-9-18(10-12-28)26-25-27-20-14-19(6-8-21(20)34-25)33-16-24(29)31-3/h5-8,13-14,18H,4,9-12,15-16H2,1-3H3,(H,26,27). The van der Waals surface area contributed by atoms with E-state index in [0.717, 1.165) is 44.0 Å². The molecular formula is C25H31N3O6. The Bertz CT molecular complexity index is 1110. The number of nitrogens with zero attached hydrogens (tertiary/aromatic N) is 2. The summed E-state index contributed by atoms with van der Waals surface area (Å²) in [6.45, 7) is 5.24. The van der Waals surface area contributed by atoms with Crippen molar-refractivity contribution in [1.82, 2.24) is 9.88 Å². The number of methoxy groups -OCH3 is 2. The predicted octanol–water partition coefficient (Wildman–Crippen LogP) is 3.86. The molecule has 34 heavy (non-hydrogen) atoms. The van der Waals surface area contributed by atoms with Gasteiger partial charge in [-0.3, -0.25) is 4.90 Å². The number of benzene rings is 2. The lowest BCUT2D eigenvalue weighted by atomic mass is 10.0. The van der Waals surface area contributed by atoms with E-state index in [1.165, 1.54) is 12.7 Å². The molecule has 0 atom stereocenters. The van der Waals surface area contributed by atoms with Crippen molar-refractivity contribution in [2.24, 2.45) is 0 Å². The minimum atomic E-state index is -0.435. The van der Waals surface area contributed by atoms with Crippen LogP contribution in [0.1, 0.15) is 25.3 Å². The van der Waals surface area contributed by atoms with E-state index >= 15 is 0 Å². The lowest BCUT2D eigenvalue weighted by molar-refractivity contribution is -0.142. The van der Waals surface area contributed by atoms with E-state index in [2.05, 4.69) is 32.1 Å². The first-order chi connectivity index (χ1) is 16.6. The summed E-state index contributed by atoms with van der Waals surface area (Å²) in [7, 11) is 2.98. The molecule has 4 rings (SSSR count). The van der Waals surface area contributed by atoms with Crippen LogP contribution in [0, 0.1) is 0 Å². The molecule has 9 nitrogen and oxygen atoms in total. The summed E-state index contributed by atoms with van der Waals surface area (Å²) in [5, 5.41) is 3.42. The number of rotatable bonds is 10. The number of piperidine rings is 1. The highest BCUT2D eigenvalue weighted by molar-refractivity contribution is 5.76. The molecule has 3 aromatic rings. The van der Waals surface area contributed by atoms with Crippen LogP contribution in [0.2, 0.25) is 0 Å². The molecule has 1 aliphatic heterocycles. The van der Waals surface area contributed by atoms with Crippen LogP contribution in [0.5, 0.6) is 17.2 Å². The van der Waals surface area contributed by atoms with Crippen LogP contribution in [0.15, 0.2) is 40.8 Å². The van der Waals surface area contributed by atoms with E-state index in [9.17, 15) is 4.79 Å². The van der Waals surface area contributed by atoms with Gasteiger partial charge in [0.25, 0.3) is 6.01 Å². The number of hydrogen-bond acceptors (Lipinski definition) is 9. The highest BCUT2D eigenvalue weighted by Crippen LogP contribution is 2.29. The van der Waals surface area contributed by atoms with E-state index in [4.69, 9.17) is 18.6 Å². The first-order valence-electron chi connectivity index (χ1n) is 11.5. The number of likely N-dealkylation sites (tertiary alicyclic amines) is 1. The molecule has 1 aliphatic rings. The van der Waals surface area contributed by atoms with Crippen molar-refractivity contribution >= 4 is 23.1 Å². The molecule has 1 N–H and O–H groups in total. The number of fused-ring (bicyclic) bond motifs is 1. The van der Waals surface area contributed by atoms with Gasteiger partial charge in [-0.05, 0) is 49.6 Å². The zero-order valence-corrected chi connectivity index (χ0v) is 19.8. The number of ether oxygens (including phenoxy) is 4. The second-order valence-electron chi connectivity index (χ2n) is 8.13. The van der Waals surface area contributed by atoms with Gasteiger partial charge < -0.3 is 28.7 Å². The van der Waals surface area contributed by atoms with Crippen LogP contribution in [0.25, 0.3) is 11.1 Å². The fraction of sp³-hybridized carbons (Fsp3) is 0.440. The molecule has 0 spiro atoms. The molecule has 0 amide bonds. The number of carbonyl (C=O) groups is 1. The maximum absolute atomic E-state index is 11.3. The number of anilines is 1. The van der Waals surface area contributed by atoms with Gasteiger partial charge in [-0.2, -0.15) is 4.98 Å². The Kier molecular flexibility index (Phi) is 7.74. The summed E-state index contributed by atoms with van der Waals surface area (Å²) >= 11 is 0. The quantitative estimate of drug-likeness (QED) is 0.444. The van der Waals surface area contributed by atoms with Gasteiger partial charge in [0.15, 0.2) is 23.7 Å². The molecule has 0 radical (unpaired) electrons. The second kappa shape index (κ2) is 11.1. The van der Waals surface area contributed by atoms with Crippen LogP contribution in [0.4, 0.5) is 6.01 Å². The average Bonchev–Trinajstić information content (AvgIpc) is 3.25. The van der Waals surface area contributed by atoms with Gasteiger partial charge in [-0.1, -0.05) is 6.07 Å². The third kappa shape index (κ3) is 5.91. The fourth-order valence-electron chi connectivity index (χ4n) is 4.02. The SMILES string of the molecule is CCOc1cc(CN2CCC(Nc3nc4cc(OCC(=O)OC)ccc4o3)CC2)ccc1OC. The Balaban J connectivity index is 1.30. The molecule has 0 saturated carbocycles. The topological polar surface area (TPSA) is 95.3 Å². The molecule has 0 bridgehead atoms. The van der Waals surface area contributed by atoms with Crippen LogP contribution < -0.4 is 19.5 Å². The van der Waals surface area contributed by atoms with Crippen LogP contribution in [0.3, 0.4) is 0 Å². The van der Waals surface area contributed by atoms with Crippen molar-refractivity contribution < 1.29 is 28.2 Å². The van der Waals surface area contributed by atoms with Gasteiger partial charge in [0.2, 0.25) is 0 Å². The number of carbonyl (C=O) groups excluding carboxylic acids is 1. The molecule has 0 unspecified atom stereocenters. The molecule has 2 aromatic carbocycles. The molecule has 2 heterocycles. The van der Waals surface area contributed by atoms with Crippen molar-refractivity contribution in [1.29, 1.82) is 0 Å². The number of nitrogens with one attached hydrogen (secondary N) is 1. The van der Waals surface area contributed by atoms with Gasteiger partial charge in [-0.25, -0.2) is 4.79 Å². The Morgan fingerprint density at radius 3 is 2.68 bits per heavy atom. The Morgan fingerprint density at radius 1 is 1.12 bits per heavy atom. The molecule has 1 saturated heterocycles. The summed E-state index contributed by atoms with van der Waals surface area (Å²) in [6.07, 6.45) is 1.97. The maximum atomic E-state index is 11.3. The number of esters is 1. The summed E-state index contributed by atoms with van der Waals surface area (Å²) in [6, 6.07) is 12.2. The van der Waals surface area contributed by atoms with Crippen LogP contribution in [-0.4, -0.2) is 62.4 Å². The van der Waals surface area contributed by atoms with Crippen molar-refractivity contribution in [3.63, 3.8) is 0 Å². The first kappa shape index (κ1) is 23.7. The molecule has 9 heteroatoms. The fourth-order valence-corrected chi connectivity index (χ4v) is 4.02. The third-order valence-electron chi connectivity index (χ3n) is 5.79. The van der Waals surface area contributed by atoms with E-state index < -0.39 is 5.97 Å². The average molecular weight is 470 g/mol. The Morgan fingerprint density at radius 2 is 1.94 bits per heavy atom. The maximum Gasteiger partial charge on any atom is 0.343 e. The molecule has 1 aromatic heterocycles. The van der Waals surface area contributed by atoms with E-state index in [-0.39, 0.29) is 12.6 Å². The van der Waals surface area contributed by atoms with Crippen LogP contribution >= 0.6 is 0 Å². The van der Waals surface area contributed by atoms with E-state index in [1.807, 2.05) is 13.0 Å². The number of hydrogen-bond donors (Lipinski definition) is 1. The lowest BCUT2D eigenvalue weighted by Gasteiger charge is -2.32.